The number of piperazine rings is 1. The highest BCUT2D eigenvalue weighted by molar-refractivity contribution is 5.78. The summed E-state index contributed by atoms with van der Waals surface area (Å²) >= 11 is 0. The van der Waals surface area contributed by atoms with E-state index in [1.54, 1.807) is 4.57 Å². The first kappa shape index (κ1) is 13.2. The minimum atomic E-state index is -0.277. The number of aryl methyl sites for hydroxylation is 1. The lowest BCUT2D eigenvalue weighted by molar-refractivity contribution is 0.432. The Morgan fingerprint density at radius 1 is 1.30 bits per heavy atom. The molecule has 1 aromatic heterocycles. The van der Waals surface area contributed by atoms with Gasteiger partial charge in [-0.25, -0.2) is 4.79 Å². The van der Waals surface area contributed by atoms with Gasteiger partial charge in [0.2, 0.25) is 0 Å². The van der Waals surface area contributed by atoms with E-state index in [0.717, 1.165) is 24.3 Å². The van der Waals surface area contributed by atoms with Crippen LogP contribution >= 0.6 is 0 Å². The molecule has 0 bridgehead atoms. The predicted molar refractivity (Wildman–Crippen MR) is 80.4 cm³/mol. The van der Waals surface area contributed by atoms with Crippen molar-refractivity contribution in [3.05, 3.63) is 28.7 Å². The van der Waals surface area contributed by atoms with Crippen molar-refractivity contribution >= 4 is 16.8 Å². The Hall–Kier alpha value is -1.75. The largest absolute Gasteiger partial charge is 0.419 e. The van der Waals surface area contributed by atoms with Gasteiger partial charge in [0.05, 0.1) is 5.52 Å². The minimum absolute atomic E-state index is 0.277. The topological polar surface area (TPSA) is 50.4 Å². The Bertz CT molecular complexity index is 663. The molecule has 1 aliphatic rings. The lowest BCUT2D eigenvalue weighted by Crippen LogP contribution is -2.55. The Labute approximate surface area is 118 Å². The summed E-state index contributed by atoms with van der Waals surface area (Å²) in [5, 5.41) is 3.43. The first-order valence-corrected chi connectivity index (χ1v) is 7.24. The van der Waals surface area contributed by atoms with Crippen molar-refractivity contribution in [3.63, 3.8) is 0 Å². The maximum atomic E-state index is 11.8. The Morgan fingerprint density at radius 3 is 2.65 bits per heavy atom. The molecule has 0 aliphatic carbocycles. The van der Waals surface area contributed by atoms with E-state index in [4.69, 9.17) is 4.42 Å². The van der Waals surface area contributed by atoms with Gasteiger partial charge in [0.15, 0.2) is 5.58 Å². The second-order valence-corrected chi connectivity index (χ2v) is 5.53. The minimum Gasteiger partial charge on any atom is -0.408 e. The molecule has 1 N–H and O–H groups in total. The van der Waals surface area contributed by atoms with Crippen LogP contribution in [0.15, 0.2) is 27.4 Å². The molecule has 2 atom stereocenters. The van der Waals surface area contributed by atoms with E-state index in [1.807, 2.05) is 19.1 Å². The standard InChI is InChI=1S/C15H21N3O2/c1-4-17-13-7-12(5-6-14(13)20-15(17)19)18-10(2)8-16-9-11(18)3/h5-7,10-11,16H,4,8-9H2,1-3H3. The second-order valence-electron chi connectivity index (χ2n) is 5.53. The van der Waals surface area contributed by atoms with Gasteiger partial charge in [-0.05, 0) is 39.0 Å². The van der Waals surface area contributed by atoms with Crippen molar-refractivity contribution in [3.8, 4) is 0 Å². The fourth-order valence-electron chi connectivity index (χ4n) is 3.15. The number of aromatic nitrogens is 1. The Morgan fingerprint density at radius 2 is 2.00 bits per heavy atom. The zero-order chi connectivity index (χ0) is 14.3. The Kier molecular flexibility index (Phi) is 3.30. The molecule has 1 fully saturated rings. The second kappa shape index (κ2) is 4.98. The summed E-state index contributed by atoms with van der Waals surface area (Å²) in [6.07, 6.45) is 0. The maximum Gasteiger partial charge on any atom is 0.419 e. The zero-order valence-corrected chi connectivity index (χ0v) is 12.2. The third-order valence-electron chi connectivity index (χ3n) is 4.09. The molecule has 20 heavy (non-hydrogen) atoms. The first-order chi connectivity index (χ1) is 9.61. The average molecular weight is 275 g/mol. The fraction of sp³-hybridized carbons (Fsp3) is 0.533. The molecule has 5 heteroatoms. The van der Waals surface area contributed by atoms with Gasteiger partial charge < -0.3 is 14.6 Å². The normalized spacial score (nSPS) is 23.4. The van der Waals surface area contributed by atoms with Gasteiger partial charge in [-0.3, -0.25) is 4.57 Å². The molecule has 3 rings (SSSR count). The molecule has 2 aromatic rings. The lowest BCUT2D eigenvalue weighted by Gasteiger charge is -2.41. The van der Waals surface area contributed by atoms with E-state index < -0.39 is 0 Å². The summed E-state index contributed by atoms with van der Waals surface area (Å²) in [6, 6.07) is 6.89. The van der Waals surface area contributed by atoms with E-state index in [2.05, 4.69) is 30.1 Å². The van der Waals surface area contributed by atoms with Crippen LogP contribution in [0.2, 0.25) is 0 Å². The Balaban J connectivity index is 2.10. The number of hydrogen-bond acceptors (Lipinski definition) is 4. The molecule has 0 spiro atoms. The van der Waals surface area contributed by atoms with Crippen LogP contribution in [0.1, 0.15) is 20.8 Å². The monoisotopic (exact) mass is 275 g/mol. The van der Waals surface area contributed by atoms with Gasteiger partial charge in [0.1, 0.15) is 0 Å². The highest BCUT2D eigenvalue weighted by Crippen LogP contribution is 2.26. The number of hydrogen-bond donors (Lipinski definition) is 1. The van der Waals surface area contributed by atoms with Gasteiger partial charge >= 0.3 is 5.76 Å². The molecule has 1 aromatic carbocycles. The van der Waals surface area contributed by atoms with E-state index in [-0.39, 0.29) is 5.76 Å². The molecule has 2 heterocycles. The number of anilines is 1. The molecule has 0 amide bonds. The number of oxazole rings is 1. The van der Waals surface area contributed by atoms with Crippen molar-refractivity contribution in [1.82, 2.24) is 9.88 Å². The van der Waals surface area contributed by atoms with Gasteiger partial charge in [0, 0.05) is 37.4 Å². The van der Waals surface area contributed by atoms with Crippen LogP contribution in [-0.2, 0) is 6.54 Å². The van der Waals surface area contributed by atoms with Gasteiger partial charge in [0.25, 0.3) is 0 Å². The molecule has 1 saturated heterocycles. The molecule has 5 nitrogen and oxygen atoms in total. The van der Waals surface area contributed by atoms with Gasteiger partial charge in [-0.1, -0.05) is 0 Å². The summed E-state index contributed by atoms with van der Waals surface area (Å²) in [4.78, 5) is 14.2. The van der Waals surface area contributed by atoms with Crippen molar-refractivity contribution < 1.29 is 4.42 Å². The molecule has 1 aliphatic heterocycles. The van der Waals surface area contributed by atoms with Gasteiger partial charge in [-0.15, -0.1) is 0 Å². The van der Waals surface area contributed by atoms with Crippen LogP contribution in [0.25, 0.3) is 11.1 Å². The summed E-state index contributed by atoms with van der Waals surface area (Å²) < 4.78 is 6.94. The third kappa shape index (κ3) is 2.02. The van der Waals surface area contributed by atoms with E-state index in [1.165, 1.54) is 0 Å². The maximum absolute atomic E-state index is 11.8. The molecular formula is C15H21N3O2. The van der Waals surface area contributed by atoms with Crippen molar-refractivity contribution in [2.24, 2.45) is 0 Å². The molecule has 0 radical (unpaired) electrons. The average Bonchev–Trinajstić information content (AvgIpc) is 2.73. The quantitative estimate of drug-likeness (QED) is 0.908. The zero-order valence-electron chi connectivity index (χ0n) is 12.2. The van der Waals surface area contributed by atoms with E-state index in [9.17, 15) is 4.79 Å². The number of fused-ring (bicyclic) bond motifs is 1. The lowest BCUT2D eigenvalue weighted by atomic mass is 10.1. The van der Waals surface area contributed by atoms with E-state index >= 15 is 0 Å². The van der Waals surface area contributed by atoms with Crippen molar-refractivity contribution in [2.45, 2.75) is 39.4 Å². The molecule has 2 unspecified atom stereocenters. The van der Waals surface area contributed by atoms with Gasteiger partial charge in [-0.2, -0.15) is 0 Å². The third-order valence-corrected chi connectivity index (χ3v) is 4.09. The predicted octanol–water partition coefficient (Wildman–Crippen LogP) is 1.80. The molecule has 0 saturated carbocycles. The number of nitrogens with one attached hydrogen (secondary N) is 1. The fourth-order valence-corrected chi connectivity index (χ4v) is 3.15. The van der Waals surface area contributed by atoms with Crippen LogP contribution in [0.5, 0.6) is 0 Å². The number of nitrogens with zero attached hydrogens (tertiary/aromatic N) is 2. The smallest absolute Gasteiger partial charge is 0.408 e. The first-order valence-electron chi connectivity index (χ1n) is 7.24. The van der Waals surface area contributed by atoms with Crippen molar-refractivity contribution in [1.29, 1.82) is 0 Å². The van der Waals surface area contributed by atoms with Crippen LogP contribution in [0.3, 0.4) is 0 Å². The SMILES string of the molecule is CCn1c(=O)oc2ccc(N3C(C)CNCC3C)cc21. The number of benzene rings is 1. The molecule has 108 valence electrons. The summed E-state index contributed by atoms with van der Waals surface area (Å²) in [5.74, 6) is -0.277. The van der Waals surface area contributed by atoms with Crippen molar-refractivity contribution in [2.75, 3.05) is 18.0 Å². The van der Waals surface area contributed by atoms with Crippen LogP contribution in [-0.4, -0.2) is 29.7 Å². The summed E-state index contributed by atoms with van der Waals surface area (Å²) in [7, 11) is 0. The van der Waals surface area contributed by atoms with Crippen LogP contribution in [0.4, 0.5) is 5.69 Å². The van der Waals surface area contributed by atoms with Crippen LogP contribution in [0, 0.1) is 0 Å². The van der Waals surface area contributed by atoms with Crippen LogP contribution < -0.4 is 16.0 Å². The van der Waals surface area contributed by atoms with E-state index in [0.29, 0.717) is 24.2 Å². The highest BCUT2D eigenvalue weighted by Gasteiger charge is 2.25. The summed E-state index contributed by atoms with van der Waals surface area (Å²) in [6.45, 7) is 8.98. The summed E-state index contributed by atoms with van der Waals surface area (Å²) in [5.41, 5.74) is 2.70. The number of rotatable bonds is 2. The highest BCUT2D eigenvalue weighted by atomic mass is 16.4. The molecular weight excluding hydrogens is 254 g/mol.